The normalized spacial score (nSPS) is 11.6. The first kappa shape index (κ1) is 15.4. The summed E-state index contributed by atoms with van der Waals surface area (Å²) in [4.78, 5) is 14.3. The number of hydrogen-bond donors (Lipinski definition) is 1. The Balaban J connectivity index is 2.46. The Kier molecular flexibility index (Phi) is 3.99. The first-order chi connectivity index (χ1) is 9.68. The molecule has 0 amide bonds. The molecule has 1 aromatic carbocycles. The molecule has 0 aliphatic carbocycles. The third-order valence-corrected chi connectivity index (χ3v) is 3.84. The van der Waals surface area contributed by atoms with Gasteiger partial charge >= 0.3 is 0 Å². The monoisotopic (exact) mass is 330 g/mol. The van der Waals surface area contributed by atoms with E-state index in [2.05, 4.69) is 4.98 Å². The molecule has 0 saturated carbocycles. The van der Waals surface area contributed by atoms with Crippen molar-refractivity contribution < 1.29 is 13.3 Å². The quantitative estimate of drug-likeness (QED) is 0.671. The lowest BCUT2D eigenvalue weighted by molar-refractivity contribution is -0.385. The molecular formula is C11H11ClN4O4S. The molecule has 0 unspecified atom stereocenters. The van der Waals surface area contributed by atoms with Crippen molar-refractivity contribution in [3.8, 4) is 0 Å². The molecule has 8 nitrogen and oxygen atoms in total. The van der Waals surface area contributed by atoms with Gasteiger partial charge in [-0.2, -0.15) is 0 Å². The van der Waals surface area contributed by atoms with Crippen molar-refractivity contribution in [2.24, 2.45) is 5.14 Å². The summed E-state index contributed by atoms with van der Waals surface area (Å²) < 4.78 is 24.0. The number of sulfonamides is 1. The first-order valence-corrected chi connectivity index (χ1v) is 7.60. The Bertz CT molecular complexity index is 816. The van der Waals surface area contributed by atoms with E-state index in [1.807, 2.05) is 0 Å². The van der Waals surface area contributed by atoms with E-state index in [0.29, 0.717) is 16.4 Å². The molecule has 0 saturated heterocycles. The maximum absolute atomic E-state index is 11.3. The number of nitro benzene ring substituents is 1. The standard InChI is InChI=1S/C11H11ClN4O4S/c1-7-14-11(21(13,19)20)6-15(7)5-8-4-9(12)2-3-10(8)16(17)18/h2-4,6H,5H2,1H3,(H2,13,19,20). The average Bonchev–Trinajstić information content (AvgIpc) is 2.70. The summed E-state index contributed by atoms with van der Waals surface area (Å²) in [5.74, 6) is 0.369. The van der Waals surface area contributed by atoms with E-state index in [1.54, 1.807) is 6.92 Å². The Morgan fingerprint density at radius 3 is 2.67 bits per heavy atom. The minimum absolute atomic E-state index is 0.0607. The highest BCUT2D eigenvalue weighted by Crippen LogP contribution is 2.24. The van der Waals surface area contributed by atoms with Crippen LogP contribution in [0.5, 0.6) is 0 Å². The van der Waals surface area contributed by atoms with Crippen LogP contribution in [-0.2, 0) is 16.6 Å². The van der Waals surface area contributed by atoms with Crippen LogP contribution >= 0.6 is 11.6 Å². The van der Waals surface area contributed by atoms with Gasteiger partial charge in [-0.15, -0.1) is 0 Å². The van der Waals surface area contributed by atoms with Gasteiger partial charge in [0.1, 0.15) is 5.82 Å². The fourth-order valence-corrected chi connectivity index (χ4v) is 2.55. The summed E-state index contributed by atoms with van der Waals surface area (Å²) in [5.41, 5.74) is 0.235. The molecule has 0 bridgehead atoms. The van der Waals surface area contributed by atoms with Crippen molar-refractivity contribution in [1.82, 2.24) is 9.55 Å². The van der Waals surface area contributed by atoms with Crippen molar-refractivity contribution in [3.63, 3.8) is 0 Å². The third-order valence-electron chi connectivity index (χ3n) is 2.82. The molecule has 2 aromatic rings. The second-order valence-electron chi connectivity index (χ2n) is 4.33. The Morgan fingerprint density at radius 2 is 2.14 bits per heavy atom. The molecular weight excluding hydrogens is 320 g/mol. The molecule has 2 N–H and O–H groups in total. The van der Waals surface area contributed by atoms with Crippen LogP contribution in [0.3, 0.4) is 0 Å². The lowest BCUT2D eigenvalue weighted by Crippen LogP contribution is -2.12. The summed E-state index contributed by atoms with van der Waals surface area (Å²) in [6.07, 6.45) is 1.23. The molecule has 2 rings (SSSR count). The van der Waals surface area contributed by atoms with E-state index in [1.165, 1.54) is 29.0 Å². The van der Waals surface area contributed by atoms with Crippen LogP contribution in [0.2, 0.25) is 5.02 Å². The van der Waals surface area contributed by atoms with E-state index >= 15 is 0 Å². The van der Waals surface area contributed by atoms with E-state index in [9.17, 15) is 18.5 Å². The summed E-state index contributed by atoms with van der Waals surface area (Å²) in [6.45, 7) is 1.64. The summed E-state index contributed by atoms with van der Waals surface area (Å²) in [6, 6.07) is 4.17. The average molecular weight is 331 g/mol. The van der Waals surface area contributed by atoms with Gasteiger partial charge in [0, 0.05) is 17.3 Å². The molecule has 0 atom stereocenters. The minimum Gasteiger partial charge on any atom is -0.329 e. The van der Waals surface area contributed by atoms with E-state index in [-0.39, 0.29) is 17.3 Å². The molecule has 112 valence electrons. The first-order valence-electron chi connectivity index (χ1n) is 5.68. The molecule has 0 radical (unpaired) electrons. The van der Waals surface area contributed by atoms with Crippen molar-refractivity contribution in [2.75, 3.05) is 0 Å². The molecule has 10 heteroatoms. The molecule has 1 aromatic heterocycles. The maximum Gasteiger partial charge on any atom is 0.274 e. The van der Waals surface area contributed by atoms with Gasteiger partial charge in [-0.1, -0.05) is 11.6 Å². The van der Waals surface area contributed by atoms with Gasteiger partial charge in [-0.05, 0) is 19.1 Å². The van der Waals surface area contributed by atoms with Crippen LogP contribution in [0, 0.1) is 17.0 Å². The second-order valence-corrected chi connectivity index (χ2v) is 6.27. The molecule has 1 heterocycles. The predicted molar refractivity (Wildman–Crippen MR) is 75.5 cm³/mol. The number of halogens is 1. The Hall–Kier alpha value is -1.97. The maximum atomic E-state index is 11.3. The van der Waals surface area contributed by atoms with Gasteiger partial charge in [0.15, 0.2) is 5.03 Å². The van der Waals surface area contributed by atoms with Crippen LogP contribution in [-0.4, -0.2) is 22.9 Å². The number of imidazole rings is 1. The molecule has 0 spiro atoms. The number of nitrogens with zero attached hydrogens (tertiary/aromatic N) is 3. The molecule has 21 heavy (non-hydrogen) atoms. The van der Waals surface area contributed by atoms with Crippen LogP contribution in [0.25, 0.3) is 0 Å². The number of aryl methyl sites for hydroxylation is 1. The lowest BCUT2D eigenvalue weighted by atomic mass is 10.2. The summed E-state index contributed by atoms with van der Waals surface area (Å²) >= 11 is 5.84. The number of aromatic nitrogens is 2. The Labute approximate surface area is 125 Å². The highest BCUT2D eigenvalue weighted by atomic mass is 35.5. The van der Waals surface area contributed by atoms with Gasteiger partial charge in [0.25, 0.3) is 15.7 Å². The van der Waals surface area contributed by atoms with Crippen molar-refractivity contribution in [3.05, 3.63) is 50.9 Å². The highest BCUT2D eigenvalue weighted by Gasteiger charge is 2.18. The van der Waals surface area contributed by atoms with Crippen LogP contribution in [0.15, 0.2) is 29.4 Å². The van der Waals surface area contributed by atoms with E-state index < -0.39 is 14.9 Å². The van der Waals surface area contributed by atoms with Crippen LogP contribution < -0.4 is 5.14 Å². The zero-order valence-electron chi connectivity index (χ0n) is 10.9. The predicted octanol–water partition coefficient (Wildman–Crippen LogP) is 1.45. The van der Waals surface area contributed by atoms with Crippen LogP contribution in [0.4, 0.5) is 5.69 Å². The SMILES string of the molecule is Cc1nc(S(N)(=O)=O)cn1Cc1cc(Cl)ccc1[N+](=O)[O-]. The highest BCUT2D eigenvalue weighted by molar-refractivity contribution is 7.89. The van der Waals surface area contributed by atoms with Gasteiger partial charge < -0.3 is 4.57 Å². The number of primary sulfonamides is 1. The van der Waals surface area contributed by atoms with Gasteiger partial charge in [-0.3, -0.25) is 10.1 Å². The van der Waals surface area contributed by atoms with Crippen LogP contribution in [0.1, 0.15) is 11.4 Å². The van der Waals surface area contributed by atoms with Gasteiger partial charge in [0.2, 0.25) is 0 Å². The minimum atomic E-state index is -3.92. The summed E-state index contributed by atoms with van der Waals surface area (Å²) in [7, 11) is -3.92. The van der Waals surface area contributed by atoms with Crippen molar-refractivity contribution in [2.45, 2.75) is 18.5 Å². The fourth-order valence-electron chi connectivity index (χ4n) is 1.82. The smallest absolute Gasteiger partial charge is 0.274 e. The number of nitro groups is 1. The van der Waals surface area contributed by atoms with Gasteiger partial charge in [-0.25, -0.2) is 18.5 Å². The van der Waals surface area contributed by atoms with E-state index in [0.717, 1.165) is 0 Å². The number of benzene rings is 1. The van der Waals surface area contributed by atoms with Crippen molar-refractivity contribution >= 4 is 27.3 Å². The zero-order valence-corrected chi connectivity index (χ0v) is 12.4. The van der Waals surface area contributed by atoms with Gasteiger partial charge in [0.05, 0.1) is 17.0 Å². The fraction of sp³-hybridized carbons (Fsp3) is 0.182. The second kappa shape index (κ2) is 5.43. The zero-order chi connectivity index (χ0) is 15.8. The largest absolute Gasteiger partial charge is 0.329 e. The van der Waals surface area contributed by atoms with Crippen molar-refractivity contribution in [1.29, 1.82) is 0 Å². The molecule has 0 aliphatic rings. The molecule has 0 fully saturated rings. The topological polar surface area (TPSA) is 121 Å². The Morgan fingerprint density at radius 1 is 1.48 bits per heavy atom. The number of rotatable bonds is 4. The molecule has 0 aliphatic heterocycles. The number of hydrogen-bond acceptors (Lipinski definition) is 5. The number of nitrogens with two attached hydrogens (primary N) is 1. The van der Waals surface area contributed by atoms with E-state index in [4.69, 9.17) is 16.7 Å². The third kappa shape index (κ3) is 3.38. The summed E-state index contributed by atoms with van der Waals surface area (Å²) in [5, 5.41) is 16.1. The lowest BCUT2D eigenvalue weighted by Gasteiger charge is -2.06.